The molecule has 3 N–H and O–H groups in total. The van der Waals surface area contributed by atoms with Crippen LogP contribution >= 0.6 is 11.6 Å². The summed E-state index contributed by atoms with van der Waals surface area (Å²) in [7, 11) is 7.65. The molecule has 0 spiro atoms. The van der Waals surface area contributed by atoms with Gasteiger partial charge in [0, 0.05) is 11.9 Å². The number of hydrogen-bond acceptors (Lipinski definition) is 4. The smallest absolute Gasteiger partial charge is 0.239 e. The molecule has 2 unspecified atom stereocenters. The number of carbonyl (C=O) groups is 1. The topological polar surface area (TPSA) is 64.6 Å². The van der Waals surface area contributed by atoms with E-state index in [1.165, 1.54) is 0 Å². The zero-order valence-electron chi connectivity index (χ0n) is 13.6. The average molecular weight is 310 g/mol. The summed E-state index contributed by atoms with van der Waals surface area (Å²) in [5, 5.41) is 14.6. The number of likely N-dealkylation sites (N-methyl/N-ethyl adjacent to an activating group) is 1. The summed E-state index contributed by atoms with van der Waals surface area (Å²) in [6, 6.07) is -0.503. The van der Waals surface area contributed by atoms with Crippen molar-refractivity contribution in [2.45, 2.75) is 44.0 Å². The number of rotatable bonds is 9. The Morgan fingerprint density at radius 1 is 1.30 bits per heavy atom. The second-order valence-corrected chi connectivity index (χ2v) is 5.78. The molecule has 20 heavy (non-hydrogen) atoms. The summed E-state index contributed by atoms with van der Waals surface area (Å²) >= 11 is 5.97. The third-order valence-electron chi connectivity index (χ3n) is 2.53. The molecule has 122 valence electrons. The van der Waals surface area contributed by atoms with E-state index in [2.05, 4.69) is 17.6 Å². The van der Waals surface area contributed by atoms with E-state index < -0.39 is 6.04 Å². The van der Waals surface area contributed by atoms with Gasteiger partial charge in [-0.05, 0) is 47.5 Å². The van der Waals surface area contributed by atoms with Crippen LogP contribution in [-0.2, 0) is 4.79 Å². The van der Waals surface area contributed by atoms with Crippen LogP contribution in [0.15, 0.2) is 0 Å². The molecular formula is C14H32ClN3O2. The summed E-state index contributed by atoms with van der Waals surface area (Å²) in [5.74, 6) is -0.150. The zero-order valence-corrected chi connectivity index (χ0v) is 14.3. The van der Waals surface area contributed by atoms with Crippen molar-refractivity contribution in [1.82, 2.24) is 15.5 Å². The van der Waals surface area contributed by atoms with E-state index in [0.717, 1.165) is 25.7 Å². The molecule has 0 aliphatic heterocycles. The Bertz CT molecular complexity index is 222. The summed E-state index contributed by atoms with van der Waals surface area (Å²) in [6.07, 6.45) is 3.92. The highest BCUT2D eigenvalue weighted by Crippen LogP contribution is 2.10. The third-order valence-corrected chi connectivity index (χ3v) is 3.06. The van der Waals surface area contributed by atoms with Gasteiger partial charge in [0.25, 0.3) is 0 Å². The van der Waals surface area contributed by atoms with Gasteiger partial charge in [0.1, 0.15) is 6.04 Å². The van der Waals surface area contributed by atoms with Crippen molar-refractivity contribution in [2.24, 2.45) is 0 Å². The number of carbonyl (C=O) groups excluding carboxylic acids is 1. The number of hydrogen-bond donors (Lipinski definition) is 3. The lowest BCUT2D eigenvalue weighted by Crippen LogP contribution is -2.45. The molecular weight excluding hydrogens is 278 g/mol. The highest BCUT2D eigenvalue weighted by atomic mass is 35.5. The monoisotopic (exact) mass is 309 g/mol. The quantitative estimate of drug-likeness (QED) is 0.440. The first-order valence-corrected chi connectivity index (χ1v) is 7.63. The van der Waals surface area contributed by atoms with Gasteiger partial charge in [-0.3, -0.25) is 4.79 Å². The minimum atomic E-state index is -0.503. The zero-order chi connectivity index (χ0) is 16.0. The predicted octanol–water partition coefficient (Wildman–Crippen LogP) is 1.05. The van der Waals surface area contributed by atoms with Gasteiger partial charge in [0.05, 0.1) is 6.61 Å². The van der Waals surface area contributed by atoms with E-state index in [-0.39, 0.29) is 17.9 Å². The molecule has 0 fully saturated rings. The van der Waals surface area contributed by atoms with Crippen molar-refractivity contribution in [3.63, 3.8) is 0 Å². The van der Waals surface area contributed by atoms with Crippen LogP contribution in [0.25, 0.3) is 0 Å². The van der Waals surface area contributed by atoms with Crippen LogP contribution < -0.4 is 10.6 Å². The van der Waals surface area contributed by atoms with Crippen LogP contribution in [0.5, 0.6) is 0 Å². The van der Waals surface area contributed by atoms with Crippen molar-refractivity contribution < 1.29 is 9.90 Å². The van der Waals surface area contributed by atoms with E-state index in [0.29, 0.717) is 6.54 Å². The summed E-state index contributed by atoms with van der Waals surface area (Å²) in [4.78, 5) is 13.4. The summed E-state index contributed by atoms with van der Waals surface area (Å²) < 4.78 is 0. The molecule has 0 heterocycles. The number of alkyl halides is 1. The highest BCUT2D eigenvalue weighted by molar-refractivity contribution is 6.20. The molecule has 1 amide bonds. The fourth-order valence-electron chi connectivity index (χ4n) is 1.34. The predicted molar refractivity (Wildman–Crippen MR) is 86.3 cm³/mol. The third kappa shape index (κ3) is 15.7. The molecule has 0 aromatic rings. The van der Waals surface area contributed by atoms with E-state index in [4.69, 9.17) is 16.7 Å². The maximum atomic E-state index is 11.4. The van der Waals surface area contributed by atoms with Crippen LogP contribution in [0.4, 0.5) is 0 Å². The molecule has 0 aromatic heterocycles. The van der Waals surface area contributed by atoms with E-state index in [1.807, 2.05) is 26.0 Å². The molecule has 0 aromatic carbocycles. The van der Waals surface area contributed by atoms with Gasteiger partial charge in [-0.2, -0.15) is 0 Å². The Morgan fingerprint density at radius 3 is 2.25 bits per heavy atom. The Labute approximate surface area is 129 Å². The molecule has 0 bridgehead atoms. The van der Waals surface area contributed by atoms with Crippen molar-refractivity contribution >= 4 is 17.5 Å². The number of aliphatic hydroxyl groups is 1. The second kappa shape index (κ2) is 15.0. The number of unbranched alkanes of at least 4 members (excludes halogenated alkanes) is 1. The molecule has 0 saturated heterocycles. The number of amides is 1. The largest absolute Gasteiger partial charge is 0.394 e. The maximum Gasteiger partial charge on any atom is 0.239 e. The molecule has 0 radical (unpaired) electrons. The lowest BCUT2D eigenvalue weighted by Gasteiger charge is -2.13. The van der Waals surface area contributed by atoms with E-state index in [9.17, 15) is 4.79 Å². The number of nitrogens with one attached hydrogen (secondary N) is 2. The lowest BCUT2D eigenvalue weighted by molar-refractivity contribution is -0.123. The van der Waals surface area contributed by atoms with Crippen LogP contribution in [0.3, 0.4) is 0 Å². The Kier molecular flexibility index (Phi) is 16.5. The van der Waals surface area contributed by atoms with Gasteiger partial charge in [0.15, 0.2) is 0 Å². The molecule has 0 saturated carbocycles. The number of nitrogens with zero attached hydrogens (tertiary/aromatic N) is 1. The lowest BCUT2D eigenvalue weighted by atomic mass is 10.1. The van der Waals surface area contributed by atoms with E-state index in [1.54, 1.807) is 7.05 Å². The molecule has 0 aliphatic carbocycles. The van der Waals surface area contributed by atoms with Crippen LogP contribution in [-0.4, -0.2) is 68.7 Å². The summed E-state index contributed by atoms with van der Waals surface area (Å²) in [5.41, 5.74) is 0. The molecule has 2 atom stereocenters. The van der Waals surface area contributed by atoms with Crippen molar-refractivity contribution in [3.8, 4) is 0 Å². The minimum absolute atomic E-state index is 0.150. The van der Waals surface area contributed by atoms with E-state index >= 15 is 0 Å². The molecule has 0 aliphatic rings. The van der Waals surface area contributed by atoms with Crippen molar-refractivity contribution in [3.05, 3.63) is 0 Å². The van der Waals surface area contributed by atoms with Gasteiger partial charge in [0.2, 0.25) is 5.91 Å². The van der Waals surface area contributed by atoms with Gasteiger partial charge >= 0.3 is 0 Å². The van der Waals surface area contributed by atoms with Crippen molar-refractivity contribution in [1.29, 1.82) is 0 Å². The van der Waals surface area contributed by atoms with Gasteiger partial charge in [-0.25, -0.2) is 0 Å². The first-order valence-electron chi connectivity index (χ1n) is 7.19. The standard InChI is InChI=1S/C11H23ClN2O2.C3H9N/c1-3-9(12)6-4-5-7-14-11(16)10(8-15)13-2;1-4(2)3/h9-10,13,15H,3-8H2,1-2H3,(H,14,16);1-3H3. The van der Waals surface area contributed by atoms with Gasteiger partial charge in [-0.1, -0.05) is 13.3 Å². The fraction of sp³-hybridized carbons (Fsp3) is 0.929. The Hall–Kier alpha value is -0.360. The van der Waals surface area contributed by atoms with Crippen molar-refractivity contribution in [2.75, 3.05) is 41.3 Å². The maximum absolute atomic E-state index is 11.4. The second-order valence-electron chi connectivity index (χ2n) is 5.16. The fourth-order valence-corrected chi connectivity index (χ4v) is 1.49. The molecule has 0 rings (SSSR count). The number of aliphatic hydroxyl groups excluding tert-OH is 1. The first kappa shape index (κ1) is 21.9. The van der Waals surface area contributed by atoms with Crippen LogP contribution in [0.2, 0.25) is 0 Å². The SMILES string of the molecule is CCC(Cl)CCCCNC(=O)C(CO)NC.CN(C)C. The van der Waals surface area contributed by atoms with Gasteiger partial charge in [-0.15, -0.1) is 11.6 Å². The first-order chi connectivity index (χ1) is 9.38. The average Bonchev–Trinajstić information content (AvgIpc) is 2.38. The van der Waals surface area contributed by atoms with Gasteiger partial charge < -0.3 is 20.6 Å². The molecule has 6 heteroatoms. The normalized spacial score (nSPS) is 13.4. The summed E-state index contributed by atoms with van der Waals surface area (Å²) in [6.45, 7) is 2.53. The van der Waals surface area contributed by atoms with Crippen LogP contribution in [0, 0.1) is 0 Å². The Balaban J connectivity index is 0. The molecule has 5 nitrogen and oxygen atoms in total. The van der Waals surface area contributed by atoms with Crippen LogP contribution in [0.1, 0.15) is 32.6 Å². The highest BCUT2D eigenvalue weighted by Gasteiger charge is 2.13. The minimum Gasteiger partial charge on any atom is -0.394 e. The number of halogens is 1. The Morgan fingerprint density at radius 2 is 1.85 bits per heavy atom.